The number of rotatable bonds is 4. The number of nitrogens with one attached hydrogen (secondary N) is 1. The van der Waals surface area contributed by atoms with Gasteiger partial charge in [0, 0.05) is 44.3 Å². The van der Waals surface area contributed by atoms with E-state index in [1.165, 1.54) is 0 Å². The third kappa shape index (κ3) is 4.93. The number of hydrogen-bond donors (Lipinski definition) is 1. The molecule has 0 spiro atoms. The Labute approximate surface area is 112 Å². The molecule has 1 heterocycles. The lowest BCUT2D eigenvalue weighted by atomic mass is 10.0. The van der Waals surface area contributed by atoms with Crippen molar-refractivity contribution in [2.24, 2.45) is 0 Å². The minimum atomic E-state index is -0.0498. The van der Waals surface area contributed by atoms with Crippen molar-refractivity contribution in [1.29, 1.82) is 5.26 Å². The van der Waals surface area contributed by atoms with E-state index < -0.39 is 0 Å². The minimum absolute atomic E-state index is 0.0498. The van der Waals surface area contributed by atoms with Crippen LogP contribution in [-0.4, -0.2) is 60.1 Å². The molecule has 0 aromatic rings. The van der Waals surface area contributed by atoms with Crippen LogP contribution in [0.2, 0.25) is 0 Å². The zero-order chi connectivity index (χ0) is 13.8. The van der Waals surface area contributed by atoms with Gasteiger partial charge in [-0.3, -0.25) is 15.1 Å². The first-order valence-electron chi connectivity index (χ1n) is 6.96. The van der Waals surface area contributed by atoms with Crippen LogP contribution in [0.1, 0.15) is 34.6 Å². The molecule has 4 heteroatoms. The van der Waals surface area contributed by atoms with Gasteiger partial charge < -0.3 is 0 Å². The number of nitriles is 1. The summed E-state index contributed by atoms with van der Waals surface area (Å²) in [7, 11) is 0. The van der Waals surface area contributed by atoms with E-state index in [4.69, 9.17) is 5.26 Å². The summed E-state index contributed by atoms with van der Waals surface area (Å²) in [5.74, 6) is 0. The topological polar surface area (TPSA) is 42.3 Å². The van der Waals surface area contributed by atoms with E-state index in [0.29, 0.717) is 6.04 Å². The number of hydrogen-bond acceptors (Lipinski definition) is 4. The van der Waals surface area contributed by atoms with Crippen molar-refractivity contribution < 1.29 is 0 Å². The lowest BCUT2D eigenvalue weighted by molar-refractivity contribution is 0.0601. The highest BCUT2D eigenvalue weighted by Crippen LogP contribution is 2.15. The molecular weight excluding hydrogens is 224 g/mol. The van der Waals surface area contributed by atoms with Crippen LogP contribution in [0.25, 0.3) is 0 Å². The first kappa shape index (κ1) is 15.4. The second-order valence-electron chi connectivity index (χ2n) is 6.46. The van der Waals surface area contributed by atoms with E-state index in [9.17, 15) is 0 Å². The Balaban J connectivity index is 2.37. The normalized spacial score (nSPS) is 20.9. The lowest BCUT2D eigenvalue weighted by Gasteiger charge is -2.42. The molecule has 0 bridgehead atoms. The van der Waals surface area contributed by atoms with Crippen molar-refractivity contribution in [2.75, 3.05) is 32.7 Å². The summed E-state index contributed by atoms with van der Waals surface area (Å²) in [6, 6.07) is 2.67. The maximum absolute atomic E-state index is 9.14. The van der Waals surface area contributed by atoms with Gasteiger partial charge in [-0.2, -0.15) is 5.26 Å². The Morgan fingerprint density at radius 3 is 2.11 bits per heavy atom. The lowest BCUT2D eigenvalue weighted by Crippen LogP contribution is -2.55. The van der Waals surface area contributed by atoms with E-state index >= 15 is 0 Å². The first-order valence-corrected chi connectivity index (χ1v) is 6.96. The van der Waals surface area contributed by atoms with Crippen LogP contribution in [0.4, 0.5) is 0 Å². The van der Waals surface area contributed by atoms with Crippen LogP contribution < -0.4 is 5.32 Å². The molecule has 104 valence electrons. The molecule has 4 nitrogen and oxygen atoms in total. The zero-order valence-electron chi connectivity index (χ0n) is 12.5. The summed E-state index contributed by atoms with van der Waals surface area (Å²) in [6.07, 6.45) is 0. The molecule has 1 aliphatic rings. The molecule has 18 heavy (non-hydrogen) atoms. The number of nitrogens with zero attached hydrogens (tertiary/aromatic N) is 3. The third-order valence-corrected chi connectivity index (χ3v) is 3.45. The smallest absolute Gasteiger partial charge is 0.108 e. The molecule has 0 aromatic heterocycles. The maximum Gasteiger partial charge on any atom is 0.108 e. The third-order valence-electron chi connectivity index (χ3n) is 3.45. The molecule has 0 radical (unpaired) electrons. The average Bonchev–Trinajstić information content (AvgIpc) is 2.27. The Hall–Kier alpha value is -0.630. The van der Waals surface area contributed by atoms with Gasteiger partial charge in [0.1, 0.15) is 6.04 Å². The van der Waals surface area contributed by atoms with Gasteiger partial charge in [-0.15, -0.1) is 0 Å². The van der Waals surface area contributed by atoms with Gasteiger partial charge in [-0.05, 0) is 34.6 Å². The predicted molar refractivity (Wildman–Crippen MR) is 75.4 cm³/mol. The summed E-state index contributed by atoms with van der Waals surface area (Å²) in [4.78, 5) is 4.91. The Morgan fingerprint density at radius 1 is 1.17 bits per heavy atom. The predicted octanol–water partition coefficient (Wildman–Crippen LogP) is 1.29. The molecule has 0 aliphatic carbocycles. The summed E-state index contributed by atoms with van der Waals surface area (Å²) in [5.41, 5.74) is 0.261. The van der Waals surface area contributed by atoms with E-state index in [-0.39, 0.29) is 11.6 Å². The second-order valence-corrected chi connectivity index (χ2v) is 6.46. The van der Waals surface area contributed by atoms with E-state index in [2.05, 4.69) is 55.8 Å². The van der Waals surface area contributed by atoms with Gasteiger partial charge in [-0.25, -0.2) is 0 Å². The van der Waals surface area contributed by atoms with Crippen LogP contribution >= 0.6 is 0 Å². The maximum atomic E-state index is 9.14. The highest BCUT2D eigenvalue weighted by molar-refractivity contribution is 4.94. The van der Waals surface area contributed by atoms with Crippen molar-refractivity contribution >= 4 is 0 Å². The van der Waals surface area contributed by atoms with Gasteiger partial charge >= 0.3 is 0 Å². The number of piperazine rings is 1. The summed E-state index contributed by atoms with van der Waals surface area (Å²) in [6.45, 7) is 16.1. The van der Waals surface area contributed by atoms with E-state index in [1.54, 1.807) is 0 Å². The average molecular weight is 252 g/mol. The van der Waals surface area contributed by atoms with Gasteiger partial charge in [-0.1, -0.05) is 0 Å². The van der Waals surface area contributed by atoms with Gasteiger partial charge in [0.2, 0.25) is 0 Å². The van der Waals surface area contributed by atoms with Crippen molar-refractivity contribution in [1.82, 2.24) is 15.1 Å². The zero-order valence-corrected chi connectivity index (χ0v) is 12.5. The molecule has 0 saturated carbocycles. The molecule has 1 saturated heterocycles. The fraction of sp³-hybridized carbons (Fsp3) is 0.929. The summed E-state index contributed by atoms with van der Waals surface area (Å²) in [5, 5.41) is 12.4. The summed E-state index contributed by atoms with van der Waals surface area (Å²) >= 11 is 0. The van der Waals surface area contributed by atoms with Crippen molar-refractivity contribution in [3.8, 4) is 6.07 Å². The van der Waals surface area contributed by atoms with E-state index in [1.807, 2.05) is 0 Å². The summed E-state index contributed by atoms with van der Waals surface area (Å²) < 4.78 is 0. The second kappa shape index (κ2) is 6.51. The van der Waals surface area contributed by atoms with Crippen LogP contribution in [0.5, 0.6) is 0 Å². The highest BCUT2D eigenvalue weighted by atomic mass is 15.3. The quantitative estimate of drug-likeness (QED) is 0.819. The van der Waals surface area contributed by atoms with Crippen molar-refractivity contribution in [3.63, 3.8) is 0 Å². The molecular formula is C14H28N4. The molecule has 1 atom stereocenters. The van der Waals surface area contributed by atoms with E-state index in [0.717, 1.165) is 32.7 Å². The van der Waals surface area contributed by atoms with Crippen LogP contribution in [0.3, 0.4) is 0 Å². The largest absolute Gasteiger partial charge is 0.299 e. The molecule has 1 aliphatic heterocycles. The monoisotopic (exact) mass is 252 g/mol. The van der Waals surface area contributed by atoms with Crippen molar-refractivity contribution in [2.45, 2.75) is 52.2 Å². The fourth-order valence-corrected chi connectivity index (χ4v) is 2.39. The molecule has 1 fully saturated rings. The standard InChI is InChI=1S/C14H28N4/c1-12(2)16-13(10-15)11-17-6-8-18(9-7-17)14(3,4)5/h12-13,16H,6-9,11H2,1-5H3. The van der Waals surface area contributed by atoms with Crippen LogP contribution in [0, 0.1) is 11.3 Å². The van der Waals surface area contributed by atoms with Crippen LogP contribution in [0.15, 0.2) is 0 Å². The first-order chi connectivity index (χ1) is 8.32. The van der Waals surface area contributed by atoms with Crippen molar-refractivity contribution in [3.05, 3.63) is 0 Å². The van der Waals surface area contributed by atoms with Gasteiger partial charge in [0.05, 0.1) is 6.07 Å². The Morgan fingerprint density at radius 2 is 1.72 bits per heavy atom. The molecule has 0 aromatic carbocycles. The van der Waals surface area contributed by atoms with Crippen LogP contribution in [-0.2, 0) is 0 Å². The highest BCUT2D eigenvalue weighted by Gasteiger charge is 2.26. The molecule has 1 unspecified atom stereocenters. The fourth-order valence-electron chi connectivity index (χ4n) is 2.39. The Kier molecular flexibility index (Phi) is 5.58. The molecule has 0 amide bonds. The minimum Gasteiger partial charge on any atom is -0.299 e. The van der Waals surface area contributed by atoms with Gasteiger partial charge in [0.15, 0.2) is 0 Å². The molecule has 1 N–H and O–H groups in total. The SMILES string of the molecule is CC(C)NC(C#N)CN1CCN(C(C)(C)C)CC1. The Bertz CT molecular complexity index is 279. The molecule has 1 rings (SSSR count). The van der Waals surface area contributed by atoms with Gasteiger partial charge in [0.25, 0.3) is 0 Å².